The van der Waals surface area contributed by atoms with Crippen molar-refractivity contribution in [3.8, 4) is 22.6 Å². The third kappa shape index (κ3) is 6.21. The lowest BCUT2D eigenvalue weighted by Gasteiger charge is -2.35. The van der Waals surface area contributed by atoms with Gasteiger partial charge >= 0.3 is 0 Å². The average molecular weight is 427 g/mol. The highest BCUT2D eigenvalue weighted by atomic mass is 16.5. The monoisotopic (exact) mass is 426 g/mol. The Bertz CT molecular complexity index is 846. The summed E-state index contributed by atoms with van der Waals surface area (Å²) >= 11 is 0. The Hall–Kier alpha value is -2.57. The van der Waals surface area contributed by atoms with Gasteiger partial charge in [-0.2, -0.15) is 0 Å². The van der Waals surface area contributed by atoms with E-state index in [-0.39, 0.29) is 18.1 Å². The molecule has 31 heavy (non-hydrogen) atoms. The Labute approximate surface area is 185 Å². The van der Waals surface area contributed by atoms with Gasteiger partial charge in [0.25, 0.3) is 5.91 Å². The molecule has 1 N–H and O–H groups in total. The van der Waals surface area contributed by atoms with Gasteiger partial charge in [0, 0.05) is 37.3 Å². The number of carbonyl (C=O) groups is 1. The Kier molecular flexibility index (Phi) is 8.32. The quantitative estimate of drug-likeness (QED) is 0.615. The molecule has 0 radical (unpaired) electrons. The van der Waals surface area contributed by atoms with Crippen molar-refractivity contribution >= 4 is 5.91 Å². The minimum Gasteiger partial charge on any atom is -0.492 e. The van der Waals surface area contributed by atoms with Gasteiger partial charge in [-0.3, -0.25) is 9.69 Å². The molecule has 1 amide bonds. The van der Waals surface area contributed by atoms with Crippen molar-refractivity contribution in [1.29, 1.82) is 0 Å². The SMILES string of the molecule is CCOc1cc(C(=O)NCCCN2C[C@@H](C)O[C@H](C)C2)cc(-c2ccccc2)c1OC. The molecule has 2 aromatic carbocycles. The first-order valence-electron chi connectivity index (χ1n) is 11.1. The summed E-state index contributed by atoms with van der Waals surface area (Å²) in [6.07, 6.45) is 1.41. The molecule has 2 atom stereocenters. The zero-order valence-corrected chi connectivity index (χ0v) is 19.0. The van der Waals surface area contributed by atoms with E-state index in [1.165, 1.54) is 0 Å². The Balaban J connectivity index is 1.68. The van der Waals surface area contributed by atoms with Crippen molar-refractivity contribution < 1.29 is 19.0 Å². The van der Waals surface area contributed by atoms with Crippen molar-refractivity contribution in [2.45, 2.75) is 39.4 Å². The smallest absolute Gasteiger partial charge is 0.251 e. The minimum atomic E-state index is -0.107. The molecule has 6 heteroatoms. The van der Waals surface area contributed by atoms with E-state index in [9.17, 15) is 4.79 Å². The maximum Gasteiger partial charge on any atom is 0.251 e. The first kappa shape index (κ1) is 23.1. The Morgan fingerprint density at radius 3 is 2.52 bits per heavy atom. The molecule has 0 aliphatic carbocycles. The summed E-state index contributed by atoms with van der Waals surface area (Å²) < 4.78 is 17.2. The summed E-state index contributed by atoms with van der Waals surface area (Å²) in [6, 6.07) is 13.5. The van der Waals surface area contributed by atoms with Crippen LogP contribution in [-0.4, -0.2) is 62.9 Å². The largest absolute Gasteiger partial charge is 0.492 e. The van der Waals surface area contributed by atoms with Crippen LogP contribution in [0.5, 0.6) is 11.5 Å². The molecule has 0 saturated carbocycles. The third-order valence-electron chi connectivity index (χ3n) is 5.34. The van der Waals surface area contributed by atoms with Gasteiger partial charge in [0.05, 0.1) is 25.9 Å². The number of nitrogens with zero attached hydrogens (tertiary/aromatic N) is 1. The van der Waals surface area contributed by atoms with Gasteiger partial charge in [-0.25, -0.2) is 0 Å². The van der Waals surface area contributed by atoms with Crippen molar-refractivity contribution in [2.75, 3.05) is 39.9 Å². The molecule has 1 saturated heterocycles. The maximum absolute atomic E-state index is 12.9. The molecule has 1 aliphatic rings. The zero-order chi connectivity index (χ0) is 22.2. The summed E-state index contributed by atoms with van der Waals surface area (Å²) in [6.45, 7) is 10.1. The van der Waals surface area contributed by atoms with E-state index in [1.54, 1.807) is 13.2 Å². The number of rotatable bonds is 9. The lowest BCUT2D eigenvalue weighted by molar-refractivity contribution is -0.0679. The number of hydrogen-bond acceptors (Lipinski definition) is 5. The highest BCUT2D eigenvalue weighted by molar-refractivity contribution is 5.97. The van der Waals surface area contributed by atoms with Gasteiger partial charge < -0.3 is 19.5 Å². The van der Waals surface area contributed by atoms with Crippen LogP contribution < -0.4 is 14.8 Å². The molecule has 1 fully saturated rings. The van der Waals surface area contributed by atoms with E-state index in [0.717, 1.165) is 37.2 Å². The molecule has 6 nitrogen and oxygen atoms in total. The van der Waals surface area contributed by atoms with Crippen LogP contribution in [0.3, 0.4) is 0 Å². The maximum atomic E-state index is 12.9. The number of ether oxygens (including phenoxy) is 3. The number of morpholine rings is 1. The fraction of sp³-hybridized carbons (Fsp3) is 0.480. The molecule has 0 bridgehead atoms. The summed E-state index contributed by atoms with van der Waals surface area (Å²) in [5.41, 5.74) is 2.39. The van der Waals surface area contributed by atoms with Crippen LogP contribution in [0.2, 0.25) is 0 Å². The first-order valence-corrected chi connectivity index (χ1v) is 11.1. The van der Waals surface area contributed by atoms with Gasteiger partial charge in [0.15, 0.2) is 11.5 Å². The van der Waals surface area contributed by atoms with Crippen LogP contribution in [0.15, 0.2) is 42.5 Å². The number of benzene rings is 2. The predicted molar refractivity (Wildman–Crippen MR) is 123 cm³/mol. The molecule has 1 heterocycles. The van der Waals surface area contributed by atoms with Crippen molar-refractivity contribution in [3.05, 3.63) is 48.0 Å². The molecule has 168 valence electrons. The van der Waals surface area contributed by atoms with Crippen molar-refractivity contribution in [1.82, 2.24) is 10.2 Å². The number of methoxy groups -OCH3 is 1. The van der Waals surface area contributed by atoms with Crippen LogP contribution in [-0.2, 0) is 4.74 Å². The Morgan fingerprint density at radius 1 is 1.16 bits per heavy atom. The molecule has 0 unspecified atom stereocenters. The van der Waals surface area contributed by atoms with Crippen molar-refractivity contribution in [3.63, 3.8) is 0 Å². The molecule has 0 aromatic heterocycles. The number of nitrogens with one attached hydrogen (secondary N) is 1. The first-order chi connectivity index (χ1) is 15.0. The van der Waals surface area contributed by atoms with Crippen LogP contribution in [0.25, 0.3) is 11.1 Å². The molecule has 1 aliphatic heterocycles. The fourth-order valence-electron chi connectivity index (χ4n) is 4.11. The third-order valence-corrected chi connectivity index (χ3v) is 5.34. The average Bonchev–Trinajstić information content (AvgIpc) is 2.76. The molecular formula is C25H34N2O4. The van der Waals surface area contributed by atoms with E-state index in [0.29, 0.717) is 30.2 Å². The molecule has 3 rings (SSSR count). The predicted octanol–water partition coefficient (Wildman–Crippen LogP) is 3.99. The lowest BCUT2D eigenvalue weighted by Crippen LogP contribution is -2.46. The van der Waals surface area contributed by atoms with Crippen LogP contribution >= 0.6 is 0 Å². The van der Waals surface area contributed by atoms with E-state index in [2.05, 4.69) is 24.1 Å². The van der Waals surface area contributed by atoms with Gasteiger partial charge in [-0.05, 0) is 44.9 Å². The molecular weight excluding hydrogens is 392 g/mol. The van der Waals surface area contributed by atoms with Gasteiger partial charge in [0.2, 0.25) is 0 Å². The van der Waals surface area contributed by atoms with E-state index in [4.69, 9.17) is 14.2 Å². The molecule has 2 aromatic rings. The van der Waals surface area contributed by atoms with E-state index in [1.807, 2.05) is 43.3 Å². The summed E-state index contributed by atoms with van der Waals surface area (Å²) in [5, 5.41) is 3.05. The highest BCUT2D eigenvalue weighted by Crippen LogP contribution is 2.39. The second kappa shape index (κ2) is 11.2. The van der Waals surface area contributed by atoms with Crippen LogP contribution in [0, 0.1) is 0 Å². The van der Waals surface area contributed by atoms with Crippen LogP contribution in [0.4, 0.5) is 0 Å². The second-order valence-corrected chi connectivity index (χ2v) is 7.98. The zero-order valence-electron chi connectivity index (χ0n) is 19.0. The summed E-state index contributed by atoms with van der Waals surface area (Å²) in [7, 11) is 1.62. The molecule has 0 spiro atoms. The number of hydrogen-bond donors (Lipinski definition) is 1. The topological polar surface area (TPSA) is 60.0 Å². The second-order valence-electron chi connectivity index (χ2n) is 7.98. The van der Waals surface area contributed by atoms with Gasteiger partial charge in [-0.15, -0.1) is 0 Å². The normalized spacial score (nSPS) is 19.1. The van der Waals surface area contributed by atoms with Gasteiger partial charge in [-0.1, -0.05) is 30.3 Å². The number of carbonyl (C=O) groups excluding carboxylic acids is 1. The lowest BCUT2D eigenvalue weighted by atomic mass is 10.0. The summed E-state index contributed by atoms with van der Waals surface area (Å²) in [4.78, 5) is 15.3. The summed E-state index contributed by atoms with van der Waals surface area (Å²) in [5.74, 6) is 1.11. The van der Waals surface area contributed by atoms with Crippen molar-refractivity contribution in [2.24, 2.45) is 0 Å². The van der Waals surface area contributed by atoms with E-state index < -0.39 is 0 Å². The standard InChI is InChI=1S/C25H34N2O4/c1-5-30-23-15-21(14-22(24(23)29-4)20-10-7-6-8-11-20)25(28)26-12-9-13-27-16-18(2)31-19(3)17-27/h6-8,10-11,14-15,18-19H,5,9,12-13,16-17H2,1-4H3,(H,26,28)/t18-,19-/m1/s1. The minimum absolute atomic E-state index is 0.107. The van der Waals surface area contributed by atoms with Gasteiger partial charge in [0.1, 0.15) is 0 Å². The highest BCUT2D eigenvalue weighted by Gasteiger charge is 2.22. The van der Waals surface area contributed by atoms with E-state index >= 15 is 0 Å². The fourth-order valence-corrected chi connectivity index (χ4v) is 4.11. The Morgan fingerprint density at radius 2 is 1.87 bits per heavy atom. The van der Waals surface area contributed by atoms with Crippen LogP contribution in [0.1, 0.15) is 37.6 Å². The number of amides is 1.